The third-order valence-corrected chi connectivity index (χ3v) is 5.94. The van der Waals surface area contributed by atoms with E-state index in [2.05, 4.69) is 40.2 Å². The summed E-state index contributed by atoms with van der Waals surface area (Å²) in [5.74, 6) is 1.61. The molecule has 18 heavy (non-hydrogen) atoms. The summed E-state index contributed by atoms with van der Waals surface area (Å²) in [6.45, 7) is 0. The van der Waals surface area contributed by atoms with Crippen molar-refractivity contribution in [3.8, 4) is 0 Å². The topological polar surface area (TPSA) is 0 Å². The van der Waals surface area contributed by atoms with E-state index < -0.39 is 0 Å². The van der Waals surface area contributed by atoms with E-state index in [0.717, 1.165) is 11.8 Å². The molecule has 0 nitrogen and oxygen atoms in total. The molecule has 2 atom stereocenters. The van der Waals surface area contributed by atoms with E-state index in [1.54, 1.807) is 11.1 Å². The van der Waals surface area contributed by atoms with Crippen molar-refractivity contribution in [2.24, 2.45) is 0 Å². The Labute approximate surface area is 119 Å². The van der Waals surface area contributed by atoms with Gasteiger partial charge in [-0.3, -0.25) is 0 Å². The smallest absolute Gasteiger partial charge is 0.0214 e. The quantitative estimate of drug-likeness (QED) is 0.481. The first-order valence-corrected chi connectivity index (χ1v) is 8.50. The van der Waals surface area contributed by atoms with Crippen LogP contribution in [0.3, 0.4) is 0 Å². The fraction of sp³-hybridized carbons (Fsp3) is 0.647. The molecule has 2 aliphatic rings. The molecule has 1 heteroatoms. The van der Waals surface area contributed by atoms with E-state index in [4.69, 9.17) is 0 Å². The summed E-state index contributed by atoms with van der Waals surface area (Å²) in [6.07, 6.45) is 11.2. The maximum absolute atomic E-state index is 3.93. The number of hydrogen-bond donors (Lipinski definition) is 0. The van der Waals surface area contributed by atoms with E-state index in [9.17, 15) is 0 Å². The molecule has 2 unspecified atom stereocenters. The molecule has 2 saturated carbocycles. The van der Waals surface area contributed by atoms with Crippen LogP contribution in [0.4, 0.5) is 0 Å². The second-order valence-corrected chi connectivity index (χ2v) is 7.23. The van der Waals surface area contributed by atoms with E-state index in [0.29, 0.717) is 4.83 Å². The van der Waals surface area contributed by atoms with Gasteiger partial charge in [-0.15, -0.1) is 0 Å². The third-order valence-electron chi connectivity index (χ3n) is 4.85. The highest BCUT2D eigenvalue weighted by Gasteiger charge is 2.25. The third kappa shape index (κ3) is 2.66. The Morgan fingerprint density at radius 2 is 1.61 bits per heavy atom. The Bertz CT molecular complexity index is 394. The van der Waals surface area contributed by atoms with E-state index in [1.807, 2.05) is 0 Å². The van der Waals surface area contributed by atoms with Crippen LogP contribution in [0.15, 0.2) is 24.3 Å². The van der Waals surface area contributed by atoms with Gasteiger partial charge in [0.05, 0.1) is 0 Å². The molecule has 0 radical (unpaired) electrons. The van der Waals surface area contributed by atoms with Crippen LogP contribution >= 0.6 is 15.9 Å². The standard InChI is InChI=1S/C17H23Br/c18-17-11-3-1-2-10-16(17)15-9-5-8-14(12-15)13-6-4-7-13/h5,8-9,12-13,16-17H,1-4,6-7,10-11H2. The highest BCUT2D eigenvalue weighted by Crippen LogP contribution is 2.40. The molecule has 1 aromatic rings. The minimum Gasteiger partial charge on any atom is -0.0884 e. The summed E-state index contributed by atoms with van der Waals surface area (Å²) in [7, 11) is 0. The van der Waals surface area contributed by atoms with Gasteiger partial charge in [-0.1, -0.05) is 65.9 Å². The molecule has 0 saturated heterocycles. The van der Waals surface area contributed by atoms with Crippen LogP contribution in [0.5, 0.6) is 0 Å². The summed E-state index contributed by atoms with van der Waals surface area (Å²) in [4.78, 5) is 0.691. The molecular formula is C17H23Br. The summed E-state index contributed by atoms with van der Waals surface area (Å²) in [5.41, 5.74) is 3.19. The zero-order valence-electron chi connectivity index (χ0n) is 11.1. The molecular weight excluding hydrogens is 284 g/mol. The van der Waals surface area contributed by atoms with Crippen LogP contribution in [0.25, 0.3) is 0 Å². The van der Waals surface area contributed by atoms with Crippen molar-refractivity contribution in [1.29, 1.82) is 0 Å². The number of alkyl halides is 1. The molecule has 1 aromatic carbocycles. The van der Waals surface area contributed by atoms with E-state index in [1.165, 1.54) is 51.4 Å². The maximum atomic E-state index is 3.93. The average Bonchev–Trinajstić information content (AvgIpc) is 2.52. The first-order valence-electron chi connectivity index (χ1n) is 7.58. The maximum Gasteiger partial charge on any atom is 0.0214 e. The van der Waals surface area contributed by atoms with Crippen molar-refractivity contribution in [2.45, 2.75) is 68.0 Å². The lowest BCUT2D eigenvalue weighted by molar-refractivity contribution is 0.419. The molecule has 2 fully saturated rings. The lowest BCUT2D eigenvalue weighted by Crippen LogP contribution is -2.13. The first-order chi connectivity index (χ1) is 8.84. The van der Waals surface area contributed by atoms with Gasteiger partial charge in [-0.2, -0.15) is 0 Å². The van der Waals surface area contributed by atoms with Crippen molar-refractivity contribution in [2.75, 3.05) is 0 Å². The molecule has 0 bridgehead atoms. The number of halogens is 1. The van der Waals surface area contributed by atoms with Gasteiger partial charge in [-0.05, 0) is 48.6 Å². The predicted octanol–water partition coefficient (Wildman–Crippen LogP) is 5.77. The lowest BCUT2D eigenvalue weighted by Gasteiger charge is -2.28. The summed E-state index contributed by atoms with van der Waals surface area (Å²) in [5, 5.41) is 0. The Hall–Kier alpha value is -0.300. The van der Waals surface area contributed by atoms with Gasteiger partial charge < -0.3 is 0 Å². The van der Waals surface area contributed by atoms with Crippen molar-refractivity contribution < 1.29 is 0 Å². The second kappa shape index (κ2) is 5.77. The zero-order chi connectivity index (χ0) is 12.4. The monoisotopic (exact) mass is 306 g/mol. The highest BCUT2D eigenvalue weighted by molar-refractivity contribution is 9.09. The van der Waals surface area contributed by atoms with Crippen LogP contribution in [0, 0.1) is 0 Å². The van der Waals surface area contributed by atoms with Gasteiger partial charge in [0.1, 0.15) is 0 Å². The van der Waals surface area contributed by atoms with Crippen molar-refractivity contribution >= 4 is 15.9 Å². The Kier molecular flexibility index (Phi) is 4.08. The second-order valence-electron chi connectivity index (χ2n) is 6.06. The minimum absolute atomic E-state index is 0.691. The van der Waals surface area contributed by atoms with Gasteiger partial charge in [0.15, 0.2) is 0 Å². The van der Waals surface area contributed by atoms with Gasteiger partial charge in [0.2, 0.25) is 0 Å². The molecule has 0 aromatic heterocycles. The average molecular weight is 307 g/mol. The number of rotatable bonds is 2. The molecule has 0 amide bonds. The van der Waals surface area contributed by atoms with Crippen molar-refractivity contribution in [3.05, 3.63) is 35.4 Å². The summed E-state index contributed by atoms with van der Waals surface area (Å²) in [6, 6.07) is 9.49. The molecule has 0 N–H and O–H groups in total. The van der Waals surface area contributed by atoms with Crippen LogP contribution < -0.4 is 0 Å². The minimum atomic E-state index is 0.691. The molecule has 2 aliphatic carbocycles. The molecule has 0 aliphatic heterocycles. The zero-order valence-corrected chi connectivity index (χ0v) is 12.7. The normalized spacial score (nSPS) is 29.6. The highest BCUT2D eigenvalue weighted by atomic mass is 79.9. The van der Waals surface area contributed by atoms with Crippen LogP contribution in [0.2, 0.25) is 0 Å². The fourth-order valence-corrected chi connectivity index (χ4v) is 4.32. The number of benzene rings is 1. The van der Waals surface area contributed by atoms with Gasteiger partial charge in [-0.25, -0.2) is 0 Å². The van der Waals surface area contributed by atoms with Crippen LogP contribution in [-0.2, 0) is 0 Å². The van der Waals surface area contributed by atoms with E-state index in [-0.39, 0.29) is 0 Å². The first kappa shape index (κ1) is 12.7. The van der Waals surface area contributed by atoms with Crippen LogP contribution in [-0.4, -0.2) is 4.83 Å². The molecule has 0 heterocycles. The van der Waals surface area contributed by atoms with Gasteiger partial charge in [0.25, 0.3) is 0 Å². The van der Waals surface area contributed by atoms with Gasteiger partial charge >= 0.3 is 0 Å². The lowest BCUT2D eigenvalue weighted by atomic mass is 9.78. The van der Waals surface area contributed by atoms with Crippen LogP contribution in [0.1, 0.15) is 74.3 Å². The fourth-order valence-electron chi connectivity index (χ4n) is 3.42. The summed E-state index contributed by atoms with van der Waals surface area (Å²) < 4.78 is 0. The Balaban J connectivity index is 1.81. The molecule has 0 spiro atoms. The van der Waals surface area contributed by atoms with Crippen molar-refractivity contribution in [3.63, 3.8) is 0 Å². The predicted molar refractivity (Wildman–Crippen MR) is 81.6 cm³/mol. The van der Waals surface area contributed by atoms with Gasteiger partial charge in [0, 0.05) is 4.83 Å². The van der Waals surface area contributed by atoms with Crippen molar-refractivity contribution in [1.82, 2.24) is 0 Å². The summed E-state index contributed by atoms with van der Waals surface area (Å²) >= 11 is 3.93. The largest absolute Gasteiger partial charge is 0.0884 e. The Morgan fingerprint density at radius 1 is 0.833 bits per heavy atom. The van der Waals surface area contributed by atoms with E-state index >= 15 is 0 Å². The number of hydrogen-bond acceptors (Lipinski definition) is 0. The molecule has 98 valence electrons. The SMILES string of the molecule is BrC1CCCCCC1c1cccc(C2CCC2)c1. The Morgan fingerprint density at radius 3 is 2.39 bits per heavy atom. The molecule has 3 rings (SSSR count).